The standard InChI is InChI=1S/C48H34N2/c1-48(2)40-24-12-11-22-37(40)45-38(23-15-25-41(45)48)44-34-20-9-10-21-35(34)46(36-29-28-32(30-39(36)44)31-16-5-3-6-17-31)47-49-42-26-13-14-27-43(42)50(47)33-18-7-4-8-19-33/h3-30H,1-2H3. The molecule has 10 rings (SSSR count). The summed E-state index contributed by atoms with van der Waals surface area (Å²) in [6, 6.07) is 61.7. The van der Waals surface area contributed by atoms with E-state index in [9.17, 15) is 0 Å². The van der Waals surface area contributed by atoms with Crippen LogP contribution >= 0.6 is 0 Å². The Morgan fingerprint density at radius 2 is 1.06 bits per heavy atom. The quantitative estimate of drug-likeness (QED) is 0.175. The Bertz CT molecular complexity index is 2770. The van der Waals surface area contributed by atoms with E-state index >= 15 is 0 Å². The minimum absolute atomic E-state index is 0.0940. The van der Waals surface area contributed by atoms with Gasteiger partial charge < -0.3 is 0 Å². The van der Waals surface area contributed by atoms with Gasteiger partial charge in [-0.1, -0.05) is 153 Å². The van der Waals surface area contributed by atoms with Crippen molar-refractivity contribution in [2.24, 2.45) is 0 Å². The van der Waals surface area contributed by atoms with Gasteiger partial charge in [-0.3, -0.25) is 4.57 Å². The number of aromatic nitrogens is 2. The molecule has 8 aromatic carbocycles. The maximum atomic E-state index is 5.41. The summed E-state index contributed by atoms with van der Waals surface area (Å²) in [7, 11) is 0. The van der Waals surface area contributed by atoms with Crippen molar-refractivity contribution in [3.8, 4) is 50.5 Å². The zero-order valence-corrected chi connectivity index (χ0v) is 28.1. The van der Waals surface area contributed by atoms with E-state index in [1.54, 1.807) is 0 Å². The maximum Gasteiger partial charge on any atom is 0.146 e. The van der Waals surface area contributed by atoms with Gasteiger partial charge in [-0.15, -0.1) is 0 Å². The van der Waals surface area contributed by atoms with Crippen LogP contribution in [0.4, 0.5) is 0 Å². The number of fused-ring (bicyclic) bond motifs is 6. The summed E-state index contributed by atoms with van der Waals surface area (Å²) >= 11 is 0. The molecule has 0 atom stereocenters. The highest BCUT2D eigenvalue weighted by Crippen LogP contribution is 2.54. The number of imidazole rings is 1. The van der Waals surface area contributed by atoms with Crippen molar-refractivity contribution in [3.63, 3.8) is 0 Å². The first-order valence-corrected chi connectivity index (χ1v) is 17.4. The first-order chi connectivity index (χ1) is 24.6. The lowest BCUT2D eigenvalue weighted by Crippen LogP contribution is -2.14. The van der Waals surface area contributed by atoms with E-state index < -0.39 is 0 Å². The second-order valence-corrected chi connectivity index (χ2v) is 13.9. The van der Waals surface area contributed by atoms with Crippen LogP contribution in [0.25, 0.3) is 83.0 Å². The number of para-hydroxylation sites is 3. The van der Waals surface area contributed by atoms with Gasteiger partial charge in [0.15, 0.2) is 0 Å². The Hall–Kier alpha value is -6.25. The molecular formula is C48H34N2. The summed E-state index contributed by atoms with van der Waals surface area (Å²) in [4.78, 5) is 5.41. The van der Waals surface area contributed by atoms with Crippen LogP contribution in [0.3, 0.4) is 0 Å². The molecule has 50 heavy (non-hydrogen) atoms. The molecule has 0 amide bonds. The smallest absolute Gasteiger partial charge is 0.146 e. The second kappa shape index (κ2) is 10.9. The van der Waals surface area contributed by atoms with Gasteiger partial charge in [0.2, 0.25) is 0 Å². The molecule has 0 aliphatic heterocycles. The predicted octanol–water partition coefficient (Wildman–Crippen LogP) is 12.6. The van der Waals surface area contributed by atoms with Crippen molar-refractivity contribution in [2.75, 3.05) is 0 Å². The fraction of sp³-hybridized carbons (Fsp3) is 0.0625. The van der Waals surface area contributed by atoms with Crippen molar-refractivity contribution < 1.29 is 0 Å². The van der Waals surface area contributed by atoms with Crippen LogP contribution in [0.15, 0.2) is 170 Å². The topological polar surface area (TPSA) is 17.8 Å². The van der Waals surface area contributed by atoms with E-state index in [0.717, 1.165) is 28.1 Å². The lowest BCUT2D eigenvalue weighted by molar-refractivity contribution is 0.660. The number of hydrogen-bond acceptors (Lipinski definition) is 1. The number of nitrogens with zero attached hydrogens (tertiary/aromatic N) is 2. The minimum Gasteiger partial charge on any atom is -0.292 e. The van der Waals surface area contributed by atoms with E-state index in [-0.39, 0.29) is 5.41 Å². The fourth-order valence-electron chi connectivity index (χ4n) is 8.51. The maximum absolute atomic E-state index is 5.41. The third-order valence-corrected chi connectivity index (χ3v) is 10.8. The van der Waals surface area contributed by atoms with Gasteiger partial charge in [-0.05, 0) is 96.4 Å². The molecule has 0 bridgehead atoms. The first kappa shape index (κ1) is 28.7. The minimum atomic E-state index is -0.0940. The van der Waals surface area contributed by atoms with Gasteiger partial charge in [0.05, 0.1) is 11.0 Å². The summed E-state index contributed by atoms with van der Waals surface area (Å²) in [5.41, 5.74) is 14.6. The lowest BCUT2D eigenvalue weighted by atomic mass is 9.81. The fourth-order valence-corrected chi connectivity index (χ4v) is 8.51. The van der Waals surface area contributed by atoms with Crippen molar-refractivity contribution >= 4 is 32.6 Å². The van der Waals surface area contributed by atoms with Crippen LogP contribution in [0, 0.1) is 0 Å². The van der Waals surface area contributed by atoms with Crippen LogP contribution < -0.4 is 0 Å². The monoisotopic (exact) mass is 638 g/mol. The molecule has 0 fully saturated rings. The zero-order chi connectivity index (χ0) is 33.4. The van der Waals surface area contributed by atoms with Crippen LogP contribution in [0.2, 0.25) is 0 Å². The molecular weight excluding hydrogens is 605 g/mol. The summed E-state index contributed by atoms with van der Waals surface area (Å²) < 4.78 is 2.33. The molecule has 0 radical (unpaired) electrons. The van der Waals surface area contributed by atoms with E-state index in [1.807, 2.05) is 0 Å². The highest BCUT2D eigenvalue weighted by atomic mass is 15.1. The van der Waals surface area contributed by atoms with Gasteiger partial charge in [0.25, 0.3) is 0 Å². The molecule has 1 aliphatic rings. The molecule has 0 unspecified atom stereocenters. The lowest BCUT2D eigenvalue weighted by Gasteiger charge is -2.23. The van der Waals surface area contributed by atoms with Crippen molar-refractivity contribution in [1.82, 2.24) is 9.55 Å². The van der Waals surface area contributed by atoms with E-state index in [2.05, 4.69) is 188 Å². The summed E-state index contributed by atoms with van der Waals surface area (Å²) in [6.45, 7) is 4.73. The normalized spacial score (nSPS) is 13.2. The van der Waals surface area contributed by atoms with Gasteiger partial charge in [0.1, 0.15) is 5.82 Å². The molecule has 0 saturated carbocycles. The molecule has 0 spiro atoms. The number of benzene rings is 8. The van der Waals surface area contributed by atoms with Gasteiger partial charge in [-0.2, -0.15) is 0 Å². The highest BCUT2D eigenvalue weighted by molar-refractivity contribution is 6.23. The van der Waals surface area contributed by atoms with E-state index in [4.69, 9.17) is 4.98 Å². The molecule has 1 aromatic heterocycles. The predicted molar refractivity (Wildman–Crippen MR) is 210 cm³/mol. The molecule has 0 saturated heterocycles. The highest BCUT2D eigenvalue weighted by Gasteiger charge is 2.37. The molecule has 0 N–H and O–H groups in total. The third kappa shape index (κ3) is 4.12. The Balaban J connectivity index is 1.39. The average Bonchev–Trinajstić information content (AvgIpc) is 3.67. The SMILES string of the molecule is CC1(C)c2ccccc2-c2c(-c3c4ccccc4c(-c4nc5ccccc5n4-c4ccccc4)c4ccc(-c5ccccc5)cc34)cccc21. The first-order valence-electron chi connectivity index (χ1n) is 17.4. The van der Waals surface area contributed by atoms with Gasteiger partial charge in [-0.25, -0.2) is 4.98 Å². The van der Waals surface area contributed by atoms with E-state index in [0.29, 0.717) is 0 Å². The molecule has 1 aliphatic carbocycles. The molecule has 2 heteroatoms. The zero-order valence-electron chi connectivity index (χ0n) is 28.1. The van der Waals surface area contributed by atoms with Crippen LogP contribution in [0.5, 0.6) is 0 Å². The summed E-state index contributed by atoms with van der Waals surface area (Å²) in [6.07, 6.45) is 0. The summed E-state index contributed by atoms with van der Waals surface area (Å²) in [5.74, 6) is 0.947. The summed E-state index contributed by atoms with van der Waals surface area (Å²) in [5, 5.41) is 4.83. The van der Waals surface area contributed by atoms with Gasteiger partial charge >= 0.3 is 0 Å². The molecule has 236 valence electrons. The molecule has 9 aromatic rings. The van der Waals surface area contributed by atoms with Gasteiger partial charge in [0, 0.05) is 16.7 Å². The van der Waals surface area contributed by atoms with Crippen molar-refractivity contribution in [3.05, 3.63) is 181 Å². The molecule has 2 nitrogen and oxygen atoms in total. The van der Waals surface area contributed by atoms with Crippen LogP contribution in [-0.2, 0) is 5.41 Å². The number of rotatable bonds is 4. The second-order valence-electron chi connectivity index (χ2n) is 13.9. The Labute approximate surface area is 291 Å². The Morgan fingerprint density at radius 1 is 0.440 bits per heavy atom. The van der Waals surface area contributed by atoms with Crippen LogP contribution in [-0.4, -0.2) is 9.55 Å². The van der Waals surface area contributed by atoms with Crippen LogP contribution in [0.1, 0.15) is 25.0 Å². The Kier molecular flexibility index (Phi) is 6.25. The van der Waals surface area contributed by atoms with Crippen molar-refractivity contribution in [2.45, 2.75) is 19.3 Å². The van der Waals surface area contributed by atoms with Crippen molar-refractivity contribution in [1.29, 1.82) is 0 Å². The Morgan fingerprint density at radius 3 is 1.88 bits per heavy atom. The molecule has 1 heterocycles. The largest absolute Gasteiger partial charge is 0.292 e. The third-order valence-electron chi connectivity index (χ3n) is 10.8. The number of hydrogen-bond donors (Lipinski definition) is 0. The van der Waals surface area contributed by atoms with E-state index in [1.165, 1.54) is 66.1 Å². The average molecular weight is 639 g/mol.